The van der Waals surface area contributed by atoms with Gasteiger partial charge in [-0.15, -0.1) is 0 Å². The summed E-state index contributed by atoms with van der Waals surface area (Å²) in [6.45, 7) is 0.109. The van der Waals surface area contributed by atoms with Crippen molar-refractivity contribution in [1.29, 1.82) is 0 Å². The number of ketones is 1. The summed E-state index contributed by atoms with van der Waals surface area (Å²) >= 11 is 0. The van der Waals surface area contributed by atoms with E-state index >= 15 is 0 Å². The molecule has 0 saturated heterocycles. The maximum atomic E-state index is 12.9. The van der Waals surface area contributed by atoms with Crippen LogP contribution in [0.5, 0.6) is 5.75 Å². The first-order valence-corrected chi connectivity index (χ1v) is 10.3. The van der Waals surface area contributed by atoms with Gasteiger partial charge in [0, 0.05) is 35.6 Å². The number of fused-ring (bicyclic) bond motifs is 1. The first-order chi connectivity index (χ1) is 15.6. The number of benzene rings is 3. The van der Waals surface area contributed by atoms with Crippen LogP contribution in [0.3, 0.4) is 0 Å². The summed E-state index contributed by atoms with van der Waals surface area (Å²) in [6.07, 6.45) is 3.49. The highest BCUT2D eigenvalue weighted by Crippen LogP contribution is 2.23. The Balaban J connectivity index is 1.39. The number of carbonyl (C=O) groups is 2. The molecule has 0 aliphatic heterocycles. The van der Waals surface area contributed by atoms with Crippen molar-refractivity contribution < 1.29 is 14.3 Å². The molecular weight excluding hydrogens is 402 g/mol. The summed E-state index contributed by atoms with van der Waals surface area (Å²) in [7, 11) is 0. The van der Waals surface area contributed by atoms with Crippen molar-refractivity contribution in [3.63, 3.8) is 0 Å². The van der Waals surface area contributed by atoms with E-state index in [1.165, 1.54) is 0 Å². The minimum Gasteiger partial charge on any atom is -0.485 e. The van der Waals surface area contributed by atoms with Crippen LogP contribution in [0.4, 0.5) is 5.69 Å². The van der Waals surface area contributed by atoms with E-state index in [4.69, 9.17) is 10.5 Å². The number of amides is 1. The summed E-state index contributed by atoms with van der Waals surface area (Å²) in [5.74, 6) is -0.241. The molecule has 0 saturated carbocycles. The van der Waals surface area contributed by atoms with Gasteiger partial charge in [-0.25, -0.2) is 0 Å². The van der Waals surface area contributed by atoms with E-state index < -0.39 is 5.92 Å². The molecule has 0 spiro atoms. The van der Waals surface area contributed by atoms with E-state index in [9.17, 15) is 9.59 Å². The normalized spacial score (nSPS) is 11.7. The van der Waals surface area contributed by atoms with E-state index in [0.29, 0.717) is 17.0 Å². The lowest BCUT2D eigenvalue weighted by Gasteiger charge is -2.16. The second kappa shape index (κ2) is 9.85. The van der Waals surface area contributed by atoms with E-state index in [-0.39, 0.29) is 24.8 Å². The molecule has 1 unspecified atom stereocenters. The number of rotatable bonds is 8. The number of aromatic nitrogens is 1. The summed E-state index contributed by atoms with van der Waals surface area (Å²) in [4.78, 5) is 29.1. The fourth-order valence-corrected chi connectivity index (χ4v) is 3.44. The number of anilines is 1. The highest BCUT2D eigenvalue weighted by molar-refractivity contribution is 5.98. The van der Waals surface area contributed by atoms with E-state index in [1.54, 1.807) is 48.8 Å². The molecule has 1 heterocycles. The molecular formula is C26H23N3O3. The van der Waals surface area contributed by atoms with Gasteiger partial charge in [0.1, 0.15) is 5.75 Å². The van der Waals surface area contributed by atoms with Crippen molar-refractivity contribution in [3.05, 3.63) is 102 Å². The zero-order valence-corrected chi connectivity index (χ0v) is 17.4. The standard InChI is InChI=1S/C26H23N3O3/c27-15-24(26(31)29-22-9-6-21-16-28-13-12-20(21)14-22)18-7-10-23(11-8-18)32-17-25(30)19-4-2-1-3-5-19/h1-14,16,24H,15,17,27H2,(H,29,31). The van der Waals surface area contributed by atoms with Crippen LogP contribution in [0.15, 0.2) is 91.3 Å². The Morgan fingerprint density at radius 2 is 1.72 bits per heavy atom. The Morgan fingerprint density at radius 1 is 0.938 bits per heavy atom. The molecule has 0 aliphatic carbocycles. The molecule has 1 amide bonds. The second-order valence-electron chi connectivity index (χ2n) is 7.36. The monoisotopic (exact) mass is 425 g/mol. The summed E-state index contributed by atoms with van der Waals surface area (Å²) in [5, 5.41) is 4.94. The van der Waals surface area contributed by atoms with Crippen LogP contribution < -0.4 is 15.8 Å². The minimum absolute atomic E-state index is 0.0539. The second-order valence-corrected chi connectivity index (χ2v) is 7.36. The number of Topliss-reactive ketones (excluding diaryl/α,β-unsaturated/α-hetero) is 1. The molecule has 6 nitrogen and oxygen atoms in total. The Kier molecular flexibility index (Phi) is 6.53. The average molecular weight is 425 g/mol. The highest BCUT2D eigenvalue weighted by Gasteiger charge is 2.19. The van der Waals surface area contributed by atoms with Gasteiger partial charge in [0.05, 0.1) is 5.92 Å². The molecule has 1 aromatic heterocycles. The smallest absolute Gasteiger partial charge is 0.233 e. The average Bonchev–Trinajstić information content (AvgIpc) is 2.84. The third-order valence-corrected chi connectivity index (χ3v) is 5.21. The Bertz CT molecular complexity index is 1220. The van der Waals surface area contributed by atoms with Crippen molar-refractivity contribution >= 4 is 28.2 Å². The molecule has 3 N–H and O–H groups in total. The van der Waals surface area contributed by atoms with Crippen molar-refractivity contribution in [1.82, 2.24) is 4.98 Å². The number of pyridine rings is 1. The Labute approximate surface area is 186 Å². The Hall–Kier alpha value is -4.03. The molecule has 0 fully saturated rings. The molecule has 0 aliphatic rings. The maximum absolute atomic E-state index is 12.9. The van der Waals surface area contributed by atoms with Crippen molar-refractivity contribution in [2.75, 3.05) is 18.5 Å². The highest BCUT2D eigenvalue weighted by atomic mass is 16.5. The third-order valence-electron chi connectivity index (χ3n) is 5.21. The summed E-state index contributed by atoms with van der Waals surface area (Å²) in [5.41, 5.74) is 7.99. The van der Waals surface area contributed by atoms with Crippen LogP contribution in [0, 0.1) is 0 Å². The number of nitrogens with two attached hydrogens (primary N) is 1. The molecule has 160 valence electrons. The van der Waals surface area contributed by atoms with Crippen molar-refractivity contribution in [2.24, 2.45) is 5.73 Å². The van der Waals surface area contributed by atoms with Crippen molar-refractivity contribution in [3.8, 4) is 5.75 Å². The SMILES string of the molecule is NCC(C(=O)Nc1ccc2cnccc2c1)c1ccc(OCC(=O)c2ccccc2)cc1. The van der Waals surface area contributed by atoms with Gasteiger partial charge in [-0.3, -0.25) is 14.6 Å². The van der Waals surface area contributed by atoms with Gasteiger partial charge in [-0.2, -0.15) is 0 Å². The number of carbonyl (C=O) groups excluding carboxylic acids is 2. The van der Waals surface area contributed by atoms with Crippen LogP contribution in [-0.2, 0) is 4.79 Å². The topological polar surface area (TPSA) is 94.3 Å². The fourth-order valence-electron chi connectivity index (χ4n) is 3.44. The van der Waals surface area contributed by atoms with Gasteiger partial charge in [0.15, 0.2) is 12.4 Å². The zero-order chi connectivity index (χ0) is 22.3. The van der Waals surface area contributed by atoms with Gasteiger partial charge in [-0.05, 0) is 41.3 Å². The Morgan fingerprint density at radius 3 is 2.47 bits per heavy atom. The van der Waals surface area contributed by atoms with Crippen LogP contribution in [0.2, 0.25) is 0 Å². The van der Waals surface area contributed by atoms with E-state index in [1.807, 2.05) is 42.5 Å². The number of nitrogens with zero attached hydrogens (tertiary/aromatic N) is 1. The zero-order valence-electron chi connectivity index (χ0n) is 17.4. The molecule has 6 heteroatoms. The van der Waals surface area contributed by atoms with Gasteiger partial charge in [0.2, 0.25) is 5.91 Å². The number of hydrogen-bond acceptors (Lipinski definition) is 5. The van der Waals surface area contributed by atoms with Crippen LogP contribution >= 0.6 is 0 Å². The first kappa shape index (κ1) is 21.2. The molecule has 3 aromatic carbocycles. The number of ether oxygens (including phenoxy) is 1. The lowest BCUT2D eigenvalue weighted by molar-refractivity contribution is -0.117. The van der Waals surface area contributed by atoms with Crippen LogP contribution in [-0.4, -0.2) is 29.8 Å². The first-order valence-electron chi connectivity index (χ1n) is 10.3. The predicted molar refractivity (Wildman–Crippen MR) is 125 cm³/mol. The predicted octanol–water partition coefficient (Wildman–Crippen LogP) is 4.18. The van der Waals surface area contributed by atoms with Gasteiger partial charge < -0.3 is 15.8 Å². The van der Waals surface area contributed by atoms with Crippen molar-refractivity contribution in [2.45, 2.75) is 5.92 Å². The van der Waals surface area contributed by atoms with Gasteiger partial charge in [-0.1, -0.05) is 48.5 Å². The van der Waals surface area contributed by atoms with Gasteiger partial charge in [0.25, 0.3) is 0 Å². The largest absolute Gasteiger partial charge is 0.485 e. The molecule has 1 atom stereocenters. The van der Waals surface area contributed by atoms with Crippen LogP contribution in [0.25, 0.3) is 10.8 Å². The third kappa shape index (κ3) is 4.99. The minimum atomic E-state index is -0.511. The molecule has 32 heavy (non-hydrogen) atoms. The van der Waals surface area contributed by atoms with Crippen LogP contribution in [0.1, 0.15) is 21.8 Å². The maximum Gasteiger partial charge on any atom is 0.233 e. The summed E-state index contributed by atoms with van der Waals surface area (Å²) < 4.78 is 5.60. The number of nitrogens with one attached hydrogen (secondary N) is 1. The van der Waals surface area contributed by atoms with E-state index in [2.05, 4.69) is 10.3 Å². The summed E-state index contributed by atoms with van der Waals surface area (Å²) in [6, 6.07) is 23.6. The molecule has 0 radical (unpaired) electrons. The lowest BCUT2D eigenvalue weighted by atomic mass is 9.98. The van der Waals surface area contributed by atoms with Gasteiger partial charge >= 0.3 is 0 Å². The molecule has 0 bridgehead atoms. The number of hydrogen-bond donors (Lipinski definition) is 2. The molecule has 4 aromatic rings. The fraction of sp³-hybridized carbons (Fsp3) is 0.115. The lowest BCUT2D eigenvalue weighted by Crippen LogP contribution is -2.27. The molecule has 4 rings (SSSR count). The van der Waals surface area contributed by atoms with E-state index in [0.717, 1.165) is 16.3 Å². The quantitative estimate of drug-likeness (QED) is 0.413.